The molecule has 2 unspecified atom stereocenters. The van der Waals surface area contributed by atoms with Crippen LogP contribution in [0.5, 0.6) is 17.2 Å². The summed E-state index contributed by atoms with van der Waals surface area (Å²) in [6.07, 6.45) is 3.40. The predicted molar refractivity (Wildman–Crippen MR) is 105 cm³/mol. The molecule has 0 aliphatic carbocycles. The molecule has 0 radical (unpaired) electrons. The van der Waals surface area contributed by atoms with Crippen LogP contribution in [-0.2, 0) is 0 Å². The van der Waals surface area contributed by atoms with Crippen molar-refractivity contribution >= 4 is 5.69 Å². The quantitative estimate of drug-likeness (QED) is 0.648. The van der Waals surface area contributed by atoms with Gasteiger partial charge in [0.05, 0.1) is 6.04 Å². The fourth-order valence-corrected chi connectivity index (χ4v) is 3.21. The Balaban J connectivity index is 1.85. The van der Waals surface area contributed by atoms with E-state index in [1.165, 1.54) is 0 Å². The monoisotopic (exact) mass is 351 g/mol. The standard InChI is InChI=1S/C22H25NO3/c1-5-13-24-19-9-7-18(8-10-19)23-16(3)21-15-20(25-14-6-2)11-12-22(21)26-17(23)4/h5-12,15-17H,1-2,13-14H2,3-4H3. The molecule has 3 rings (SSSR count). The van der Waals surface area contributed by atoms with Gasteiger partial charge in [0.15, 0.2) is 6.23 Å². The lowest BCUT2D eigenvalue weighted by Crippen LogP contribution is -2.43. The molecular formula is C22H25NO3. The van der Waals surface area contributed by atoms with E-state index in [4.69, 9.17) is 14.2 Å². The van der Waals surface area contributed by atoms with Gasteiger partial charge in [0.25, 0.3) is 0 Å². The van der Waals surface area contributed by atoms with Crippen LogP contribution in [-0.4, -0.2) is 19.4 Å². The summed E-state index contributed by atoms with van der Waals surface area (Å²) in [5.41, 5.74) is 2.19. The van der Waals surface area contributed by atoms with Crippen molar-refractivity contribution in [1.82, 2.24) is 0 Å². The highest BCUT2D eigenvalue weighted by molar-refractivity contribution is 5.56. The Kier molecular flexibility index (Phi) is 5.52. The van der Waals surface area contributed by atoms with Crippen LogP contribution >= 0.6 is 0 Å². The molecule has 4 heteroatoms. The Morgan fingerprint density at radius 1 is 0.962 bits per heavy atom. The summed E-state index contributed by atoms with van der Waals surface area (Å²) in [4.78, 5) is 2.25. The highest BCUT2D eigenvalue weighted by Gasteiger charge is 2.31. The van der Waals surface area contributed by atoms with E-state index in [1.807, 2.05) is 30.3 Å². The molecular weight excluding hydrogens is 326 g/mol. The van der Waals surface area contributed by atoms with Gasteiger partial charge in [-0.1, -0.05) is 25.3 Å². The molecule has 136 valence electrons. The van der Waals surface area contributed by atoms with E-state index in [1.54, 1.807) is 12.2 Å². The van der Waals surface area contributed by atoms with Gasteiger partial charge in [0, 0.05) is 11.3 Å². The number of anilines is 1. The van der Waals surface area contributed by atoms with Gasteiger partial charge < -0.3 is 19.1 Å². The van der Waals surface area contributed by atoms with Crippen molar-refractivity contribution in [3.05, 3.63) is 73.3 Å². The zero-order valence-corrected chi connectivity index (χ0v) is 15.4. The maximum Gasteiger partial charge on any atom is 0.170 e. The third-order valence-electron chi connectivity index (χ3n) is 4.41. The van der Waals surface area contributed by atoms with Crippen molar-refractivity contribution in [3.8, 4) is 17.2 Å². The lowest BCUT2D eigenvalue weighted by atomic mass is 10.0. The molecule has 0 bridgehead atoms. The molecule has 1 heterocycles. The Hall–Kier alpha value is -2.88. The van der Waals surface area contributed by atoms with E-state index >= 15 is 0 Å². The van der Waals surface area contributed by atoms with Crippen molar-refractivity contribution < 1.29 is 14.2 Å². The lowest BCUT2D eigenvalue weighted by molar-refractivity contribution is 0.181. The molecule has 0 fully saturated rings. The van der Waals surface area contributed by atoms with Gasteiger partial charge in [-0.05, 0) is 56.3 Å². The molecule has 26 heavy (non-hydrogen) atoms. The van der Waals surface area contributed by atoms with Crippen LogP contribution < -0.4 is 19.1 Å². The molecule has 0 spiro atoms. The number of fused-ring (bicyclic) bond motifs is 1. The second-order valence-electron chi connectivity index (χ2n) is 6.19. The molecule has 0 saturated heterocycles. The lowest BCUT2D eigenvalue weighted by Gasteiger charge is -2.41. The Morgan fingerprint density at radius 3 is 2.23 bits per heavy atom. The SMILES string of the molecule is C=CCOc1ccc(N2C(C)Oc3ccc(OCC=C)cc3C2C)cc1. The molecule has 1 aliphatic heterocycles. The molecule has 0 N–H and O–H groups in total. The first-order valence-electron chi connectivity index (χ1n) is 8.80. The summed E-state index contributed by atoms with van der Waals surface area (Å²) < 4.78 is 17.4. The zero-order chi connectivity index (χ0) is 18.5. The summed E-state index contributed by atoms with van der Waals surface area (Å²) in [6, 6.07) is 14.2. The molecule has 0 aromatic heterocycles. The Bertz CT molecular complexity index is 769. The smallest absolute Gasteiger partial charge is 0.170 e. The van der Waals surface area contributed by atoms with E-state index < -0.39 is 0 Å². The normalized spacial score (nSPS) is 18.5. The predicted octanol–water partition coefficient (Wildman–Crippen LogP) is 5.12. The van der Waals surface area contributed by atoms with Crippen molar-refractivity contribution in [2.45, 2.75) is 26.1 Å². The van der Waals surface area contributed by atoms with Crippen molar-refractivity contribution in [1.29, 1.82) is 0 Å². The summed E-state index contributed by atoms with van der Waals surface area (Å²) in [6.45, 7) is 12.6. The van der Waals surface area contributed by atoms with Crippen molar-refractivity contribution in [2.24, 2.45) is 0 Å². The van der Waals surface area contributed by atoms with Gasteiger partial charge in [-0.2, -0.15) is 0 Å². The van der Waals surface area contributed by atoms with E-state index in [2.05, 4.69) is 44.0 Å². The highest BCUT2D eigenvalue weighted by Crippen LogP contribution is 2.41. The van der Waals surface area contributed by atoms with E-state index in [-0.39, 0.29) is 12.3 Å². The Labute approximate surface area is 155 Å². The molecule has 0 amide bonds. The van der Waals surface area contributed by atoms with Gasteiger partial charge in [0.2, 0.25) is 0 Å². The average molecular weight is 351 g/mol. The number of ether oxygens (including phenoxy) is 3. The molecule has 0 saturated carbocycles. The van der Waals surface area contributed by atoms with Gasteiger partial charge >= 0.3 is 0 Å². The van der Waals surface area contributed by atoms with E-state index in [0.717, 1.165) is 28.5 Å². The van der Waals surface area contributed by atoms with E-state index in [9.17, 15) is 0 Å². The topological polar surface area (TPSA) is 30.9 Å². The molecule has 2 atom stereocenters. The fourth-order valence-electron chi connectivity index (χ4n) is 3.21. The molecule has 4 nitrogen and oxygen atoms in total. The van der Waals surface area contributed by atoms with Gasteiger partial charge in [-0.25, -0.2) is 0 Å². The van der Waals surface area contributed by atoms with Crippen LogP contribution in [0.25, 0.3) is 0 Å². The number of hydrogen-bond donors (Lipinski definition) is 0. The summed E-state index contributed by atoms with van der Waals surface area (Å²) in [5.74, 6) is 2.55. The van der Waals surface area contributed by atoms with E-state index in [0.29, 0.717) is 13.2 Å². The maximum absolute atomic E-state index is 6.13. The first-order chi connectivity index (χ1) is 12.6. The van der Waals surface area contributed by atoms with Gasteiger partial charge in [0.1, 0.15) is 30.5 Å². The zero-order valence-electron chi connectivity index (χ0n) is 15.4. The molecule has 2 aromatic carbocycles. The van der Waals surface area contributed by atoms with Crippen LogP contribution in [0, 0.1) is 0 Å². The Morgan fingerprint density at radius 2 is 1.58 bits per heavy atom. The number of rotatable bonds is 7. The van der Waals surface area contributed by atoms with Crippen LogP contribution in [0.2, 0.25) is 0 Å². The third kappa shape index (κ3) is 3.69. The van der Waals surface area contributed by atoms with Gasteiger partial charge in [-0.3, -0.25) is 0 Å². The largest absolute Gasteiger partial charge is 0.490 e. The van der Waals surface area contributed by atoms with Crippen LogP contribution in [0.1, 0.15) is 25.5 Å². The summed E-state index contributed by atoms with van der Waals surface area (Å²) in [5, 5.41) is 0. The minimum absolute atomic E-state index is 0.0719. The van der Waals surface area contributed by atoms with Crippen LogP contribution in [0.3, 0.4) is 0 Å². The van der Waals surface area contributed by atoms with Crippen molar-refractivity contribution in [2.75, 3.05) is 18.1 Å². The molecule has 1 aliphatic rings. The number of nitrogens with zero attached hydrogens (tertiary/aromatic N) is 1. The summed E-state index contributed by atoms with van der Waals surface area (Å²) in [7, 11) is 0. The highest BCUT2D eigenvalue weighted by atomic mass is 16.5. The summed E-state index contributed by atoms with van der Waals surface area (Å²) >= 11 is 0. The molecule has 2 aromatic rings. The first kappa shape index (κ1) is 17.9. The minimum Gasteiger partial charge on any atom is -0.490 e. The number of benzene rings is 2. The van der Waals surface area contributed by atoms with Gasteiger partial charge in [-0.15, -0.1) is 0 Å². The minimum atomic E-state index is -0.0719. The van der Waals surface area contributed by atoms with Crippen LogP contribution in [0.15, 0.2) is 67.8 Å². The fraction of sp³-hybridized carbons (Fsp3) is 0.273. The maximum atomic E-state index is 6.13. The van der Waals surface area contributed by atoms with Crippen molar-refractivity contribution in [3.63, 3.8) is 0 Å². The second-order valence-corrected chi connectivity index (χ2v) is 6.19. The van der Waals surface area contributed by atoms with Crippen LogP contribution in [0.4, 0.5) is 5.69 Å². The first-order valence-corrected chi connectivity index (χ1v) is 8.80. The third-order valence-corrected chi connectivity index (χ3v) is 4.41. The second kappa shape index (κ2) is 8.00. The average Bonchev–Trinajstić information content (AvgIpc) is 2.66. The number of hydrogen-bond acceptors (Lipinski definition) is 4.